The predicted molar refractivity (Wildman–Crippen MR) is 138 cm³/mol. The molecule has 0 saturated carbocycles. The van der Waals surface area contributed by atoms with Gasteiger partial charge in [-0.15, -0.1) is 0 Å². The zero-order valence-corrected chi connectivity index (χ0v) is 21.6. The maximum Gasteiger partial charge on any atom is 0.326 e. The van der Waals surface area contributed by atoms with Crippen LogP contribution in [0.4, 0.5) is 0 Å². The van der Waals surface area contributed by atoms with E-state index in [0.29, 0.717) is 0 Å². The monoisotopic (exact) mass is 532 g/mol. The number of nitrogens with two attached hydrogens (primary N) is 2. The van der Waals surface area contributed by atoms with Gasteiger partial charge < -0.3 is 42.6 Å². The van der Waals surface area contributed by atoms with Crippen molar-refractivity contribution in [3.05, 3.63) is 36.0 Å². The van der Waals surface area contributed by atoms with Crippen LogP contribution in [-0.4, -0.2) is 75.1 Å². The molecule has 10 N–H and O–H groups in total. The molecule has 0 bridgehead atoms. The Morgan fingerprint density at radius 1 is 0.947 bits per heavy atom. The Kier molecular flexibility index (Phi) is 10.8. The van der Waals surface area contributed by atoms with Crippen LogP contribution in [-0.2, 0) is 30.4 Å². The van der Waals surface area contributed by atoms with E-state index in [4.69, 9.17) is 11.5 Å². The summed E-state index contributed by atoms with van der Waals surface area (Å²) in [5.74, 6) is -4.89. The molecule has 0 aliphatic carbocycles. The standard InChI is InChI=1S/C25H36N6O7/c1-12(2)8-19(25(37)38)30-24(36)21(13(3)32)31-23(35)18(10-20(27)33)29-22(34)16(26)9-14-11-28-17-7-5-4-6-15(14)17/h4-7,11-13,16,18-19,21,28,32H,8-10,26H2,1-3H3,(H2,27,33)(H,29,34)(H,30,36)(H,31,35)(H,37,38). The van der Waals surface area contributed by atoms with Crippen molar-refractivity contribution in [3.63, 3.8) is 0 Å². The molecule has 5 unspecified atom stereocenters. The molecule has 0 spiro atoms. The molecule has 1 aromatic heterocycles. The summed E-state index contributed by atoms with van der Waals surface area (Å²) in [4.78, 5) is 64.7. The summed E-state index contributed by atoms with van der Waals surface area (Å²) in [5, 5.41) is 27.3. The number of carbonyl (C=O) groups excluding carboxylic acids is 4. The molecule has 0 saturated heterocycles. The second kappa shape index (κ2) is 13.5. The van der Waals surface area contributed by atoms with Gasteiger partial charge in [-0.3, -0.25) is 19.2 Å². The summed E-state index contributed by atoms with van der Waals surface area (Å²) in [6.45, 7) is 4.77. The topological polar surface area (TPSA) is 230 Å². The number of aliphatic carboxylic acids is 1. The van der Waals surface area contributed by atoms with Crippen LogP contribution in [0, 0.1) is 5.92 Å². The maximum atomic E-state index is 13.0. The largest absolute Gasteiger partial charge is 0.480 e. The molecule has 208 valence electrons. The Bertz CT molecular complexity index is 1160. The van der Waals surface area contributed by atoms with E-state index in [-0.39, 0.29) is 18.8 Å². The Balaban J connectivity index is 2.11. The fraction of sp³-hybridized carbons (Fsp3) is 0.480. The number of fused-ring (bicyclic) bond motifs is 1. The first-order chi connectivity index (χ1) is 17.8. The molecule has 2 rings (SSSR count). The number of hydrogen-bond acceptors (Lipinski definition) is 7. The zero-order valence-electron chi connectivity index (χ0n) is 21.6. The van der Waals surface area contributed by atoms with Gasteiger partial charge in [-0.25, -0.2) is 4.79 Å². The molecule has 0 fully saturated rings. The molecule has 1 heterocycles. The molecular formula is C25H36N6O7. The van der Waals surface area contributed by atoms with Crippen molar-refractivity contribution in [2.24, 2.45) is 17.4 Å². The number of amides is 4. The number of hydrogen-bond donors (Lipinski definition) is 8. The van der Waals surface area contributed by atoms with E-state index in [1.807, 2.05) is 24.3 Å². The van der Waals surface area contributed by atoms with Crippen molar-refractivity contribution >= 4 is 40.5 Å². The van der Waals surface area contributed by atoms with Crippen molar-refractivity contribution in [1.82, 2.24) is 20.9 Å². The predicted octanol–water partition coefficient (Wildman–Crippen LogP) is -1.12. The number of carboxylic acids is 1. The number of benzene rings is 1. The highest BCUT2D eigenvalue weighted by Gasteiger charge is 2.33. The van der Waals surface area contributed by atoms with Gasteiger partial charge in [0.1, 0.15) is 18.1 Å². The Morgan fingerprint density at radius 3 is 2.16 bits per heavy atom. The highest BCUT2D eigenvalue weighted by Crippen LogP contribution is 2.18. The number of primary amides is 1. The van der Waals surface area contributed by atoms with Crippen LogP contribution >= 0.6 is 0 Å². The minimum absolute atomic E-state index is 0.0559. The molecule has 0 aliphatic heterocycles. The number of carbonyl (C=O) groups is 5. The maximum absolute atomic E-state index is 13.0. The van der Waals surface area contributed by atoms with Gasteiger partial charge in [-0.1, -0.05) is 32.0 Å². The summed E-state index contributed by atoms with van der Waals surface area (Å²) >= 11 is 0. The average Bonchev–Trinajstić information content (AvgIpc) is 3.23. The van der Waals surface area contributed by atoms with Crippen molar-refractivity contribution in [2.45, 2.75) is 70.3 Å². The third kappa shape index (κ3) is 8.56. The molecule has 0 radical (unpaired) electrons. The van der Waals surface area contributed by atoms with Gasteiger partial charge in [0, 0.05) is 17.1 Å². The van der Waals surface area contributed by atoms with Gasteiger partial charge in [0.05, 0.1) is 18.6 Å². The van der Waals surface area contributed by atoms with Crippen molar-refractivity contribution in [1.29, 1.82) is 0 Å². The van der Waals surface area contributed by atoms with Crippen molar-refractivity contribution in [3.8, 4) is 0 Å². The average molecular weight is 533 g/mol. The fourth-order valence-corrected chi connectivity index (χ4v) is 3.93. The first-order valence-electron chi connectivity index (χ1n) is 12.2. The summed E-state index contributed by atoms with van der Waals surface area (Å²) in [6, 6.07) is 2.05. The van der Waals surface area contributed by atoms with Gasteiger partial charge >= 0.3 is 5.97 Å². The number of aliphatic hydroxyl groups is 1. The van der Waals surface area contributed by atoms with Gasteiger partial charge in [-0.2, -0.15) is 0 Å². The molecule has 38 heavy (non-hydrogen) atoms. The van der Waals surface area contributed by atoms with Crippen LogP contribution in [0.1, 0.15) is 39.2 Å². The number of rotatable bonds is 14. The first-order valence-corrected chi connectivity index (χ1v) is 12.2. The molecule has 4 amide bonds. The van der Waals surface area contributed by atoms with E-state index < -0.39 is 66.3 Å². The molecule has 13 heteroatoms. The fourth-order valence-electron chi connectivity index (χ4n) is 3.93. The quantitative estimate of drug-likeness (QED) is 0.148. The third-order valence-corrected chi connectivity index (χ3v) is 5.87. The van der Waals surface area contributed by atoms with Crippen LogP contribution in [0.3, 0.4) is 0 Å². The van der Waals surface area contributed by atoms with Crippen LogP contribution < -0.4 is 27.4 Å². The molecule has 0 aliphatic rings. The van der Waals surface area contributed by atoms with E-state index in [2.05, 4.69) is 20.9 Å². The third-order valence-electron chi connectivity index (χ3n) is 5.87. The van der Waals surface area contributed by atoms with Gasteiger partial charge in [0.15, 0.2) is 0 Å². The first kappa shape index (κ1) is 30.3. The van der Waals surface area contributed by atoms with Crippen LogP contribution in [0.5, 0.6) is 0 Å². The number of aromatic amines is 1. The van der Waals surface area contributed by atoms with E-state index in [1.165, 1.54) is 6.92 Å². The van der Waals surface area contributed by atoms with Gasteiger partial charge in [-0.05, 0) is 37.3 Å². The molecule has 13 nitrogen and oxygen atoms in total. The summed E-state index contributed by atoms with van der Waals surface area (Å²) in [7, 11) is 0. The van der Waals surface area contributed by atoms with Crippen LogP contribution in [0.15, 0.2) is 30.5 Å². The lowest BCUT2D eigenvalue weighted by Gasteiger charge is -2.26. The number of aliphatic hydroxyl groups excluding tert-OH is 1. The second-order valence-corrected chi connectivity index (χ2v) is 9.66. The highest BCUT2D eigenvalue weighted by atomic mass is 16.4. The van der Waals surface area contributed by atoms with E-state index >= 15 is 0 Å². The lowest BCUT2D eigenvalue weighted by molar-refractivity contribution is -0.143. The van der Waals surface area contributed by atoms with E-state index in [9.17, 15) is 34.2 Å². The van der Waals surface area contributed by atoms with Gasteiger partial charge in [0.25, 0.3) is 0 Å². The van der Waals surface area contributed by atoms with Crippen molar-refractivity contribution in [2.75, 3.05) is 0 Å². The minimum atomic E-state index is -1.57. The minimum Gasteiger partial charge on any atom is -0.480 e. The number of carboxylic acid groups (broad SMARTS) is 1. The summed E-state index contributed by atoms with van der Waals surface area (Å²) in [6.07, 6.45) is -0.0545. The molecule has 5 atom stereocenters. The SMILES string of the molecule is CC(C)CC(NC(=O)C(NC(=O)C(CC(N)=O)NC(=O)C(N)Cc1c[nH]c2ccccc12)C(C)O)C(=O)O. The van der Waals surface area contributed by atoms with E-state index in [1.54, 1.807) is 20.0 Å². The number of nitrogens with one attached hydrogen (secondary N) is 4. The summed E-state index contributed by atoms with van der Waals surface area (Å²) in [5.41, 5.74) is 13.0. The number of H-pyrrole nitrogens is 1. The Morgan fingerprint density at radius 2 is 1.58 bits per heavy atom. The molecule has 1 aromatic carbocycles. The number of aromatic nitrogens is 1. The highest BCUT2D eigenvalue weighted by molar-refractivity contribution is 5.96. The zero-order chi connectivity index (χ0) is 28.6. The Hall–Kier alpha value is -3.97. The van der Waals surface area contributed by atoms with Gasteiger partial charge in [0.2, 0.25) is 23.6 Å². The number of para-hydroxylation sites is 1. The lowest BCUT2D eigenvalue weighted by Crippen LogP contribution is -2.60. The van der Waals surface area contributed by atoms with Crippen molar-refractivity contribution < 1.29 is 34.2 Å². The normalized spacial score (nSPS) is 15.2. The molecule has 2 aromatic rings. The van der Waals surface area contributed by atoms with Crippen LogP contribution in [0.2, 0.25) is 0 Å². The molecular weight excluding hydrogens is 496 g/mol. The van der Waals surface area contributed by atoms with Crippen LogP contribution in [0.25, 0.3) is 10.9 Å². The Labute approximate surface area is 219 Å². The smallest absolute Gasteiger partial charge is 0.326 e. The van der Waals surface area contributed by atoms with E-state index in [0.717, 1.165) is 16.5 Å². The lowest BCUT2D eigenvalue weighted by atomic mass is 10.0. The summed E-state index contributed by atoms with van der Waals surface area (Å²) < 4.78 is 0. The second-order valence-electron chi connectivity index (χ2n) is 9.66.